The molecule has 0 aliphatic rings. The predicted molar refractivity (Wildman–Crippen MR) is 71.5 cm³/mol. The average Bonchev–Trinajstić information content (AvgIpc) is 2.26. The molecule has 0 bridgehead atoms. The number of ether oxygens (including phenoxy) is 1. The van der Waals surface area contributed by atoms with Crippen molar-refractivity contribution in [2.45, 2.75) is 70.7 Å². The molecule has 0 fully saturated rings. The minimum Gasteiger partial charge on any atom is -0.371 e. The van der Waals surface area contributed by atoms with Gasteiger partial charge in [0.1, 0.15) is 5.44 Å². The van der Waals surface area contributed by atoms with Crippen LogP contribution in [-0.2, 0) is 4.74 Å². The fourth-order valence-corrected chi connectivity index (χ4v) is 2.56. The Kier molecular flexibility index (Phi) is 12.6. The minimum absolute atomic E-state index is 0.436. The molecule has 0 saturated heterocycles. The summed E-state index contributed by atoms with van der Waals surface area (Å²) in [5.74, 6) is 1.16. The molecule has 1 unspecified atom stereocenters. The molecule has 15 heavy (non-hydrogen) atoms. The van der Waals surface area contributed by atoms with E-state index in [1.54, 1.807) is 0 Å². The van der Waals surface area contributed by atoms with Gasteiger partial charge in [-0.3, -0.25) is 0 Å². The van der Waals surface area contributed by atoms with Gasteiger partial charge in [-0.15, -0.1) is 11.8 Å². The van der Waals surface area contributed by atoms with Crippen LogP contribution in [0.25, 0.3) is 0 Å². The molecule has 1 nitrogen and oxygen atoms in total. The second-order valence-corrected chi connectivity index (χ2v) is 5.47. The third kappa shape index (κ3) is 10.6. The fraction of sp³-hybridized carbons (Fsp3) is 1.00. The third-order valence-electron chi connectivity index (χ3n) is 2.66. The molecule has 0 aromatic carbocycles. The number of hydrogen-bond acceptors (Lipinski definition) is 2. The van der Waals surface area contributed by atoms with Crippen LogP contribution in [0.3, 0.4) is 0 Å². The van der Waals surface area contributed by atoms with E-state index in [1.807, 2.05) is 18.9 Å². The molecule has 0 spiro atoms. The molecular weight excluding hydrogens is 204 g/mol. The summed E-state index contributed by atoms with van der Waals surface area (Å²) < 4.78 is 5.40. The van der Waals surface area contributed by atoms with Crippen molar-refractivity contribution in [3.63, 3.8) is 0 Å². The Hall–Kier alpha value is 0.310. The van der Waals surface area contributed by atoms with Gasteiger partial charge >= 0.3 is 0 Å². The number of methoxy groups -OCH3 is 1. The highest BCUT2D eigenvalue weighted by atomic mass is 32.2. The van der Waals surface area contributed by atoms with Crippen LogP contribution in [-0.4, -0.2) is 18.3 Å². The summed E-state index contributed by atoms with van der Waals surface area (Å²) in [6, 6.07) is 0. The van der Waals surface area contributed by atoms with Crippen molar-refractivity contribution in [3.05, 3.63) is 0 Å². The van der Waals surface area contributed by atoms with Crippen molar-refractivity contribution in [1.29, 1.82) is 0 Å². The van der Waals surface area contributed by atoms with Gasteiger partial charge in [-0.2, -0.15) is 0 Å². The SMILES string of the molecule is CCCCCCCCCC(OC)SCC. The van der Waals surface area contributed by atoms with Crippen LogP contribution in [0.2, 0.25) is 0 Å². The van der Waals surface area contributed by atoms with Gasteiger partial charge in [0.05, 0.1) is 0 Å². The van der Waals surface area contributed by atoms with Gasteiger partial charge in [0.25, 0.3) is 0 Å². The molecule has 2 heteroatoms. The van der Waals surface area contributed by atoms with Gasteiger partial charge in [0, 0.05) is 7.11 Å². The molecule has 0 saturated carbocycles. The predicted octanol–water partition coefficient (Wildman–Crippen LogP) is 4.85. The van der Waals surface area contributed by atoms with E-state index in [2.05, 4.69) is 13.8 Å². The van der Waals surface area contributed by atoms with Crippen molar-refractivity contribution >= 4 is 11.8 Å². The maximum Gasteiger partial charge on any atom is 0.102 e. The Labute approximate surface area is 100 Å². The van der Waals surface area contributed by atoms with E-state index in [0.717, 1.165) is 5.75 Å². The molecule has 0 N–H and O–H groups in total. The molecule has 0 heterocycles. The minimum atomic E-state index is 0.436. The molecule has 0 rings (SSSR count). The maximum atomic E-state index is 5.40. The van der Waals surface area contributed by atoms with E-state index in [1.165, 1.54) is 51.4 Å². The van der Waals surface area contributed by atoms with Crippen molar-refractivity contribution in [1.82, 2.24) is 0 Å². The Balaban J connectivity index is 3.14. The van der Waals surface area contributed by atoms with Crippen LogP contribution < -0.4 is 0 Å². The van der Waals surface area contributed by atoms with Gasteiger partial charge in [-0.05, 0) is 18.6 Å². The number of unbranched alkanes of at least 4 members (excludes halogenated alkanes) is 6. The summed E-state index contributed by atoms with van der Waals surface area (Å²) in [4.78, 5) is 0. The average molecular weight is 232 g/mol. The van der Waals surface area contributed by atoms with Gasteiger partial charge < -0.3 is 4.74 Å². The van der Waals surface area contributed by atoms with Crippen LogP contribution in [0.15, 0.2) is 0 Å². The molecule has 0 aromatic heterocycles. The van der Waals surface area contributed by atoms with Crippen LogP contribution in [0.4, 0.5) is 0 Å². The number of thioether (sulfide) groups is 1. The fourth-order valence-electron chi connectivity index (χ4n) is 1.72. The first-order valence-corrected chi connectivity index (χ1v) is 7.54. The summed E-state index contributed by atoms with van der Waals surface area (Å²) >= 11 is 1.93. The Bertz CT molecular complexity index is 117. The van der Waals surface area contributed by atoms with Gasteiger partial charge in [-0.25, -0.2) is 0 Å². The third-order valence-corrected chi connectivity index (χ3v) is 3.79. The van der Waals surface area contributed by atoms with E-state index in [4.69, 9.17) is 4.74 Å². The van der Waals surface area contributed by atoms with Gasteiger partial charge in [0.15, 0.2) is 0 Å². The summed E-state index contributed by atoms with van der Waals surface area (Å²) in [6.07, 6.45) is 11.0. The maximum absolute atomic E-state index is 5.40. The smallest absolute Gasteiger partial charge is 0.102 e. The highest BCUT2D eigenvalue weighted by Crippen LogP contribution is 2.18. The first-order valence-electron chi connectivity index (χ1n) is 6.49. The van der Waals surface area contributed by atoms with E-state index >= 15 is 0 Å². The van der Waals surface area contributed by atoms with Crippen molar-refractivity contribution in [2.24, 2.45) is 0 Å². The molecule has 1 atom stereocenters. The summed E-state index contributed by atoms with van der Waals surface area (Å²) in [7, 11) is 1.83. The lowest BCUT2D eigenvalue weighted by Crippen LogP contribution is -2.05. The number of rotatable bonds is 11. The zero-order valence-electron chi connectivity index (χ0n) is 10.8. The Morgan fingerprint density at radius 3 is 2.07 bits per heavy atom. The second-order valence-electron chi connectivity index (χ2n) is 4.03. The standard InChI is InChI=1S/C13H28OS/c1-4-6-7-8-9-10-11-12-13(14-3)15-5-2/h13H,4-12H2,1-3H3. The molecule has 0 aromatic rings. The quantitative estimate of drug-likeness (QED) is 0.372. The second kappa shape index (κ2) is 12.4. The van der Waals surface area contributed by atoms with E-state index in [0.29, 0.717) is 5.44 Å². The lowest BCUT2D eigenvalue weighted by Gasteiger charge is -2.13. The van der Waals surface area contributed by atoms with E-state index < -0.39 is 0 Å². The normalized spacial score (nSPS) is 13.0. The monoisotopic (exact) mass is 232 g/mol. The largest absolute Gasteiger partial charge is 0.371 e. The van der Waals surface area contributed by atoms with Gasteiger partial charge in [0.2, 0.25) is 0 Å². The molecule has 0 aliphatic carbocycles. The first-order chi connectivity index (χ1) is 7.35. The lowest BCUT2D eigenvalue weighted by molar-refractivity contribution is 0.163. The Morgan fingerprint density at radius 2 is 1.53 bits per heavy atom. The zero-order chi connectivity index (χ0) is 11.4. The van der Waals surface area contributed by atoms with Gasteiger partial charge in [-0.1, -0.05) is 52.4 Å². The zero-order valence-corrected chi connectivity index (χ0v) is 11.6. The molecular formula is C13H28OS. The van der Waals surface area contributed by atoms with E-state index in [-0.39, 0.29) is 0 Å². The van der Waals surface area contributed by atoms with Crippen molar-refractivity contribution in [2.75, 3.05) is 12.9 Å². The van der Waals surface area contributed by atoms with Crippen LogP contribution >= 0.6 is 11.8 Å². The van der Waals surface area contributed by atoms with Crippen molar-refractivity contribution < 1.29 is 4.74 Å². The van der Waals surface area contributed by atoms with Crippen LogP contribution in [0.1, 0.15) is 65.2 Å². The highest BCUT2D eigenvalue weighted by Gasteiger charge is 2.05. The molecule has 0 amide bonds. The lowest BCUT2D eigenvalue weighted by atomic mass is 10.1. The van der Waals surface area contributed by atoms with Crippen LogP contribution in [0, 0.1) is 0 Å². The highest BCUT2D eigenvalue weighted by molar-refractivity contribution is 7.99. The summed E-state index contributed by atoms with van der Waals surface area (Å²) in [5, 5.41) is 0. The topological polar surface area (TPSA) is 9.23 Å². The van der Waals surface area contributed by atoms with Crippen molar-refractivity contribution in [3.8, 4) is 0 Å². The van der Waals surface area contributed by atoms with Crippen LogP contribution in [0.5, 0.6) is 0 Å². The molecule has 0 aliphatic heterocycles. The molecule has 92 valence electrons. The summed E-state index contributed by atoms with van der Waals surface area (Å²) in [5.41, 5.74) is 0.436. The summed E-state index contributed by atoms with van der Waals surface area (Å²) in [6.45, 7) is 4.46. The van der Waals surface area contributed by atoms with E-state index in [9.17, 15) is 0 Å². The number of hydrogen-bond donors (Lipinski definition) is 0. The first kappa shape index (κ1) is 15.3. The Morgan fingerprint density at radius 1 is 0.933 bits per heavy atom. The molecule has 0 radical (unpaired) electrons.